The fourth-order valence-corrected chi connectivity index (χ4v) is 3.67. The van der Waals surface area contributed by atoms with Gasteiger partial charge in [0.25, 0.3) is 5.91 Å². The van der Waals surface area contributed by atoms with E-state index in [0.29, 0.717) is 18.8 Å². The fourth-order valence-electron chi connectivity index (χ4n) is 3.67. The second kappa shape index (κ2) is 6.22. The van der Waals surface area contributed by atoms with E-state index in [1.54, 1.807) is 23.3 Å². The summed E-state index contributed by atoms with van der Waals surface area (Å²) in [6, 6.07) is 2.04. The number of carbonyl (C=O) groups excluding carboxylic acids is 1. The summed E-state index contributed by atoms with van der Waals surface area (Å²) < 4.78 is 1.75. The van der Waals surface area contributed by atoms with Gasteiger partial charge in [-0.15, -0.1) is 0 Å². The monoisotopic (exact) mass is 326 g/mol. The fraction of sp³-hybridized carbons (Fsp3) is 0.529. The highest BCUT2D eigenvalue weighted by Gasteiger charge is 2.29. The van der Waals surface area contributed by atoms with Crippen molar-refractivity contribution >= 4 is 11.7 Å². The van der Waals surface area contributed by atoms with Gasteiger partial charge in [-0.05, 0) is 38.7 Å². The molecular weight excluding hydrogens is 304 g/mol. The molecule has 0 saturated carbocycles. The Labute approximate surface area is 141 Å². The Morgan fingerprint density at radius 2 is 2.29 bits per heavy atom. The number of hydrogen-bond donors (Lipinski definition) is 1. The Kier molecular flexibility index (Phi) is 3.92. The van der Waals surface area contributed by atoms with Gasteiger partial charge in [0.05, 0.1) is 0 Å². The number of aromatic nitrogens is 4. The summed E-state index contributed by atoms with van der Waals surface area (Å²) in [5.41, 5.74) is 3.10. The number of nitrogens with one attached hydrogen (secondary N) is 1. The molecule has 4 rings (SSSR count). The van der Waals surface area contributed by atoms with Crippen LogP contribution in [-0.2, 0) is 19.4 Å². The molecular formula is C17H22N6O. The Hall–Kier alpha value is -2.44. The van der Waals surface area contributed by atoms with Crippen molar-refractivity contribution in [1.82, 2.24) is 24.6 Å². The van der Waals surface area contributed by atoms with Crippen LogP contribution in [0.3, 0.4) is 0 Å². The molecule has 1 aliphatic heterocycles. The van der Waals surface area contributed by atoms with Crippen LogP contribution in [-0.4, -0.2) is 49.7 Å². The van der Waals surface area contributed by atoms with Crippen LogP contribution < -0.4 is 5.32 Å². The second-order valence-electron chi connectivity index (χ2n) is 6.41. The zero-order valence-electron chi connectivity index (χ0n) is 13.9. The molecule has 0 radical (unpaired) electrons. The smallest absolute Gasteiger partial charge is 0.272 e. The van der Waals surface area contributed by atoms with E-state index in [0.717, 1.165) is 38.0 Å². The topological polar surface area (TPSA) is 75.9 Å². The molecule has 0 aromatic carbocycles. The zero-order valence-corrected chi connectivity index (χ0v) is 13.9. The molecule has 126 valence electrons. The number of hydrogen-bond acceptors (Lipinski definition) is 5. The lowest BCUT2D eigenvalue weighted by molar-refractivity contribution is 0.0779. The van der Waals surface area contributed by atoms with Crippen molar-refractivity contribution in [1.29, 1.82) is 0 Å². The first-order chi connectivity index (χ1) is 11.8. The van der Waals surface area contributed by atoms with Gasteiger partial charge >= 0.3 is 0 Å². The molecule has 0 spiro atoms. The third-order valence-electron chi connectivity index (χ3n) is 4.93. The minimum atomic E-state index is 0.0616. The largest absolute Gasteiger partial charge is 0.365 e. The maximum atomic E-state index is 12.7. The number of fused-ring (bicyclic) bond motifs is 1. The summed E-state index contributed by atoms with van der Waals surface area (Å²) in [6.45, 7) is 4.16. The van der Waals surface area contributed by atoms with Gasteiger partial charge in [0.2, 0.25) is 0 Å². The van der Waals surface area contributed by atoms with Crippen LogP contribution >= 0.6 is 0 Å². The average molecular weight is 326 g/mol. The number of rotatable bonds is 4. The molecule has 1 aliphatic carbocycles. The number of likely N-dealkylation sites (tertiary alicyclic amines) is 1. The van der Waals surface area contributed by atoms with Crippen molar-refractivity contribution in [2.24, 2.45) is 0 Å². The second-order valence-corrected chi connectivity index (χ2v) is 6.41. The molecule has 0 unspecified atom stereocenters. The molecule has 1 saturated heterocycles. The number of anilines is 1. The van der Waals surface area contributed by atoms with Gasteiger partial charge in [-0.1, -0.05) is 0 Å². The van der Waals surface area contributed by atoms with Gasteiger partial charge in [0.1, 0.15) is 17.8 Å². The highest BCUT2D eigenvalue weighted by Crippen LogP contribution is 2.26. The number of aryl methyl sites for hydroxylation is 2. The lowest BCUT2D eigenvalue weighted by Crippen LogP contribution is -2.33. The van der Waals surface area contributed by atoms with Crippen LogP contribution in [0, 0.1) is 0 Å². The van der Waals surface area contributed by atoms with E-state index in [1.165, 1.54) is 11.3 Å². The summed E-state index contributed by atoms with van der Waals surface area (Å²) in [6.07, 6.45) is 7.51. The molecule has 24 heavy (non-hydrogen) atoms. The predicted molar refractivity (Wildman–Crippen MR) is 89.9 cm³/mol. The molecule has 0 bridgehead atoms. The quantitative estimate of drug-likeness (QED) is 0.922. The summed E-state index contributed by atoms with van der Waals surface area (Å²) in [5, 5.41) is 7.72. The van der Waals surface area contributed by atoms with Gasteiger partial charge in [-0.25, -0.2) is 9.97 Å². The van der Waals surface area contributed by atoms with Crippen molar-refractivity contribution in [3.63, 3.8) is 0 Å². The van der Waals surface area contributed by atoms with E-state index in [9.17, 15) is 4.79 Å². The molecule has 2 aliphatic rings. The van der Waals surface area contributed by atoms with Crippen LogP contribution in [0.25, 0.3) is 0 Å². The molecule has 1 amide bonds. The normalized spacial score (nSPS) is 19.5. The van der Waals surface area contributed by atoms with Crippen molar-refractivity contribution in [3.05, 3.63) is 35.5 Å². The molecule has 7 heteroatoms. The highest BCUT2D eigenvalue weighted by atomic mass is 16.2. The lowest BCUT2D eigenvalue weighted by atomic mass is 10.2. The van der Waals surface area contributed by atoms with Gasteiger partial charge in [0, 0.05) is 43.1 Å². The maximum absolute atomic E-state index is 12.7. The first kappa shape index (κ1) is 15.1. The summed E-state index contributed by atoms with van der Waals surface area (Å²) in [5.74, 6) is 1.02. The minimum Gasteiger partial charge on any atom is -0.365 e. The lowest BCUT2D eigenvalue weighted by Gasteiger charge is -2.18. The van der Waals surface area contributed by atoms with Crippen LogP contribution in [0.1, 0.15) is 41.5 Å². The molecule has 1 atom stereocenters. The van der Waals surface area contributed by atoms with Gasteiger partial charge in [-0.3, -0.25) is 9.48 Å². The van der Waals surface area contributed by atoms with E-state index in [4.69, 9.17) is 0 Å². The molecule has 2 aromatic rings. The third-order valence-corrected chi connectivity index (χ3v) is 4.93. The van der Waals surface area contributed by atoms with Crippen LogP contribution in [0.15, 0.2) is 18.6 Å². The van der Waals surface area contributed by atoms with Crippen LogP contribution in [0.5, 0.6) is 0 Å². The summed E-state index contributed by atoms with van der Waals surface area (Å²) >= 11 is 0. The van der Waals surface area contributed by atoms with Crippen molar-refractivity contribution in [2.75, 3.05) is 18.4 Å². The van der Waals surface area contributed by atoms with E-state index in [1.807, 2.05) is 11.8 Å². The number of nitrogens with zero attached hydrogens (tertiary/aromatic N) is 5. The standard InChI is InChI=1S/C17H22N6O/c1-2-23-15(6-8-20-23)17(24)22-9-7-12(10-22)21-16-13-4-3-5-14(13)18-11-19-16/h6,8,11-12H,2-5,7,9-10H2,1H3,(H,18,19,21)/t12-/m0/s1. The summed E-state index contributed by atoms with van der Waals surface area (Å²) in [7, 11) is 0. The molecule has 1 N–H and O–H groups in total. The average Bonchev–Trinajstić information content (AvgIpc) is 3.34. The third kappa shape index (κ3) is 2.64. The van der Waals surface area contributed by atoms with Crippen molar-refractivity contribution in [3.8, 4) is 0 Å². The Balaban J connectivity index is 1.44. The van der Waals surface area contributed by atoms with Crippen LogP contribution in [0.2, 0.25) is 0 Å². The SMILES string of the molecule is CCn1nccc1C(=O)N1CC[C@H](Nc2ncnc3c2CCC3)C1. The molecule has 3 heterocycles. The maximum Gasteiger partial charge on any atom is 0.272 e. The van der Waals surface area contributed by atoms with Gasteiger partial charge < -0.3 is 10.2 Å². The summed E-state index contributed by atoms with van der Waals surface area (Å²) in [4.78, 5) is 23.4. The van der Waals surface area contributed by atoms with E-state index >= 15 is 0 Å². The number of amides is 1. The Morgan fingerprint density at radius 1 is 1.38 bits per heavy atom. The van der Waals surface area contributed by atoms with Crippen molar-refractivity contribution < 1.29 is 4.79 Å². The van der Waals surface area contributed by atoms with E-state index < -0.39 is 0 Å². The highest BCUT2D eigenvalue weighted by molar-refractivity contribution is 5.92. The molecule has 7 nitrogen and oxygen atoms in total. The van der Waals surface area contributed by atoms with Gasteiger partial charge in [-0.2, -0.15) is 5.10 Å². The Bertz CT molecular complexity index is 755. The zero-order chi connectivity index (χ0) is 16.5. The van der Waals surface area contributed by atoms with Crippen molar-refractivity contribution in [2.45, 2.75) is 45.2 Å². The van der Waals surface area contributed by atoms with E-state index in [2.05, 4.69) is 20.4 Å². The molecule has 2 aromatic heterocycles. The first-order valence-corrected chi connectivity index (χ1v) is 8.66. The van der Waals surface area contributed by atoms with Crippen LogP contribution in [0.4, 0.5) is 5.82 Å². The van der Waals surface area contributed by atoms with E-state index in [-0.39, 0.29) is 11.9 Å². The first-order valence-electron chi connectivity index (χ1n) is 8.66. The number of carbonyl (C=O) groups is 1. The molecule has 1 fully saturated rings. The Morgan fingerprint density at radius 3 is 3.17 bits per heavy atom. The van der Waals surface area contributed by atoms with Gasteiger partial charge in [0.15, 0.2) is 0 Å². The predicted octanol–water partition coefficient (Wildman–Crippen LogP) is 1.51. The minimum absolute atomic E-state index is 0.0616.